The zero-order valence-electron chi connectivity index (χ0n) is 16.6. The topological polar surface area (TPSA) is 41.6 Å². The van der Waals surface area contributed by atoms with Crippen LogP contribution in [0.5, 0.6) is 0 Å². The minimum absolute atomic E-state index is 0.737. The Labute approximate surface area is 156 Å². The van der Waals surface area contributed by atoms with Crippen molar-refractivity contribution in [2.24, 2.45) is 10.7 Å². The zero-order valence-corrected chi connectivity index (χ0v) is 16.6. The van der Waals surface area contributed by atoms with Crippen molar-refractivity contribution >= 4 is 5.84 Å². The third-order valence-corrected chi connectivity index (χ3v) is 4.78. The van der Waals surface area contributed by atoms with Crippen LogP contribution in [0.4, 0.5) is 0 Å². The molecule has 1 aliphatic rings. The van der Waals surface area contributed by atoms with Crippen LogP contribution in [0.15, 0.2) is 29.3 Å². The fraction of sp³-hybridized carbons (Fsp3) is 0.773. The average molecular weight is 348 g/mol. The predicted octanol–water partition coefficient (Wildman–Crippen LogP) is 5.47. The Kier molecular flexibility index (Phi) is 14.4. The minimum Gasteiger partial charge on any atom is -0.357 e. The molecule has 0 radical (unpaired) electrons. The molecule has 0 aromatic heterocycles. The highest BCUT2D eigenvalue weighted by atomic mass is 15.2. The summed E-state index contributed by atoms with van der Waals surface area (Å²) in [5, 5.41) is 0. The molecule has 0 atom stereocenters. The molecule has 0 aliphatic carbocycles. The lowest BCUT2D eigenvalue weighted by molar-refractivity contribution is 0.456. The Morgan fingerprint density at radius 3 is 2.32 bits per heavy atom. The fourth-order valence-corrected chi connectivity index (χ4v) is 3.26. The van der Waals surface area contributed by atoms with Crippen molar-refractivity contribution in [3.05, 3.63) is 24.3 Å². The highest BCUT2D eigenvalue weighted by molar-refractivity contribution is 5.83. The molecule has 0 fully saturated rings. The Morgan fingerprint density at radius 2 is 1.60 bits per heavy atom. The normalized spacial score (nSPS) is 15.0. The first kappa shape index (κ1) is 22.0. The standard InChI is InChI=1S/C22H41N3/c1-2-3-4-5-6-7-8-9-10-11-12-13-14-15-16-17-22-24-19-21-25(22)20-18-23/h6-7,9-10H,2-5,8,11-21,23H2,1H3/b7-6+,10-9+. The molecule has 1 aliphatic heterocycles. The van der Waals surface area contributed by atoms with Gasteiger partial charge in [0.2, 0.25) is 0 Å². The number of nitrogens with zero attached hydrogens (tertiary/aromatic N) is 2. The van der Waals surface area contributed by atoms with Gasteiger partial charge in [-0.3, -0.25) is 4.99 Å². The van der Waals surface area contributed by atoms with E-state index < -0.39 is 0 Å². The van der Waals surface area contributed by atoms with E-state index in [4.69, 9.17) is 5.73 Å². The quantitative estimate of drug-likeness (QED) is 0.297. The first-order chi connectivity index (χ1) is 12.4. The molecular weight excluding hydrogens is 306 g/mol. The van der Waals surface area contributed by atoms with Gasteiger partial charge in [-0.1, -0.05) is 63.3 Å². The zero-order chi connectivity index (χ0) is 18.0. The van der Waals surface area contributed by atoms with Crippen molar-refractivity contribution in [2.75, 3.05) is 26.2 Å². The Morgan fingerprint density at radius 1 is 0.920 bits per heavy atom. The van der Waals surface area contributed by atoms with Gasteiger partial charge in [0.25, 0.3) is 0 Å². The second kappa shape index (κ2) is 16.4. The smallest absolute Gasteiger partial charge is 0.0990 e. The van der Waals surface area contributed by atoms with Gasteiger partial charge in [0.15, 0.2) is 0 Å². The van der Waals surface area contributed by atoms with Crippen LogP contribution in [-0.4, -0.2) is 36.9 Å². The summed E-state index contributed by atoms with van der Waals surface area (Å²) in [4.78, 5) is 6.98. The van der Waals surface area contributed by atoms with E-state index in [0.717, 1.165) is 39.0 Å². The summed E-state index contributed by atoms with van der Waals surface area (Å²) in [6.07, 6.45) is 24.7. The molecule has 0 bridgehead atoms. The summed E-state index contributed by atoms with van der Waals surface area (Å²) in [7, 11) is 0. The molecule has 0 unspecified atom stereocenters. The predicted molar refractivity (Wildman–Crippen MR) is 112 cm³/mol. The summed E-state index contributed by atoms with van der Waals surface area (Å²) in [6.45, 7) is 6.01. The van der Waals surface area contributed by atoms with E-state index >= 15 is 0 Å². The lowest BCUT2D eigenvalue weighted by Gasteiger charge is -2.19. The van der Waals surface area contributed by atoms with Crippen molar-refractivity contribution in [3.63, 3.8) is 0 Å². The van der Waals surface area contributed by atoms with Crippen LogP contribution in [0.25, 0.3) is 0 Å². The Hall–Kier alpha value is -1.09. The van der Waals surface area contributed by atoms with Crippen molar-refractivity contribution < 1.29 is 0 Å². The molecule has 2 N–H and O–H groups in total. The molecule has 0 saturated carbocycles. The second-order valence-electron chi connectivity index (χ2n) is 7.05. The van der Waals surface area contributed by atoms with E-state index in [2.05, 4.69) is 41.1 Å². The summed E-state index contributed by atoms with van der Waals surface area (Å²) in [5.74, 6) is 1.30. The van der Waals surface area contributed by atoms with Crippen molar-refractivity contribution in [2.45, 2.75) is 84.0 Å². The number of allylic oxidation sites excluding steroid dienone is 4. The number of nitrogens with two attached hydrogens (primary N) is 1. The molecule has 0 saturated heterocycles. The van der Waals surface area contributed by atoms with Gasteiger partial charge >= 0.3 is 0 Å². The number of hydrogen-bond acceptors (Lipinski definition) is 3. The molecular formula is C22H41N3. The van der Waals surface area contributed by atoms with Gasteiger partial charge in [0, 0.05) is 26.1 Å². The fourth-order valence-electron chi connectivity index (χ4n) is 3.26. The van der Waals surface area contributed by atoms with Gasteiger partial charge in [0.05, 0.1) is 12.4 Å². The van der Waals surface area contributed by atoms with Gasteiger partial charge in [-0.05, 0) is 38.5 Å². The van der Waals surface area contributed by atoms with Crippen molar-refractivity contribution in [1.29, 1.82) is 0 Å². The van der Waals surface area contributed by atoms with Crippen molar-refractivity contribution in [3.8, 4) is 0 Å². The minimum atomic E-state index is 0.737. The Bertz CT molecular complexity index is 385. The largest absolute Gasteiger partial charge is 0.357 e. The van der Waals surface area contributed by atoms with E-state index in [1.54, 1.807) is 0 Å². The maximum absolute atomic E-state index is 5.65. The maximum atomic E-state index is 5.65. The number of hydrogen-bond donors (Lipinski definition) is 1. The van der Waals surface area contributed by atoms with Gasteiger partial charge in [0.1, 0.15) is 0 Å². The van der Waals surface area contributed by atoms with E-state index in [1.165, 1.54) is 70.0 Å². The SMILES string of the molecule is CCCCC/C=C/C/C=C/CCCCCCCC1=NCCN1CCN. The second-order valence-corrected chi connectivity index (χ2v) is 7.05. The highest BCUT2D eigenvalue weighted by Crippen LogP contribution is 2.12. The number of amidine groups is 1. The van der Waals surface area contributed by atoms with Crippen LogP contribution >= 0.6 is 0 Å². The van der Waals surface area contributed by atoms with Crippen LogP contribution in [0.3, 0.4) is 0 Å². The third kappa shape index (κ3) is 12.0. The van der Waals surface area contributed by atoms with Gasteiger partial charge in [-0.15, -0.1) is 0 Å². The van der Waals surface area contributed by atoms with E-state index in [9.17, 15) is 0 Å². The molecule has 0 amide bonds. The molecule has 1 heterocycles. The summed E-state index contributed by atoms with van der Waals surface area (Å²) < 4.78 is 0. The molecule has 25 heavy (non-hydrogen) atoms. The molecule has 0 aromatic rings. The molecule has 3 heteroatoms. The monoisotopic (exact) mass is 347 g/mol. The molecule has 144 valence electrons. The Balaban J connectivity index is 1.86. The van der Waals surface area contributed by atoms with Crippen LogP contribution in [0.1, 0.15) is 84.0 Å². The number of rotatable bonds is 16. The lowest BCUT2D eigenvalue weighted by atomic mass is 10.1. The van der Waals surface area contributed by atoms with Crippen LogP contribution in [0.2, 0.25) is 0 Å². The van der Waals surface area contributed by atoms with Gasteiger partial charge in [-0.2, -0.15) is 0 Å². The molecule has 0 spiro atoms. The number of unbranched alkanes of at least 4 members (excludes halogenated alkanes) is 8. The third-order valence-electron chi connectivity index (χ3n) is 4.78. The van der Waals surface area contributed by atoms with E-state index in [1.807, 2.05) is 0 Å². The summed E-state index contributed by atoms with van der Waals surface area (Å²) in [6, 6.07) is 0. The summed E-state index contributed by atoms with van der Waals surface area (Å²) in [5.41, 5.74) is 5.65. The lowest BCUT2D eigenvalue weighted by Crippen LogP contribution is -2.32. The highest BCUT2D eigenvalue weighted by Gasteiger charge is 2.14. The van der Waals surface area contributed by atoms with Crippen LogP contribution in [-0.2, 0) is 0 Å². The van der Waals surface area contributed by atoms with E-state index in [-0.39, 0.29) is 0 Å². The van der Waals surface area contributed by atoms with E-state index in [0.29, 0.717) is 0 Å². The first-order valence-corrected chi connectivity index (χ1v) is 10.7. The van der Waals surface area contributed by atoms with Gasteiger partial charge < -0.3 is 10.6 Å². The maximum Gasteiger partial charge on any atom is 0.0990 e. The van der Waals surface area contributed by atoms with Crippen LogP contribution < -0.4 is 5.73 Å². The average Bonchev–Trinajstić information content (AvgIpc) is 3.06. The van der Waals surface area contributed by atoms with Crippen LogP contribution in [0, 0.1) is 0 Å². The van der Waals surface area contributed by atoms with Crippen molar-refractivity contribution in [1.82, 2.24) is 4.90 Å². The first-order valence-electron chi connectivity index (χ1n) is 10.7. The molecule has 0 aromatic carbocycles. The van der Waals surface area contributed by atoms with Gasteiger partial charge in [-0.25, -0.2) is 0 Å². The molecule has 1 rings (SSSR count). The number of aliphatic imine (C=N–C) groups is 1. The summed E-state index contributed by atoms with van der Waals surface area (Å²) >= 11 is 0. The molecule has 3 nitrogen and oxygen atoms in total.